The molecule has 1 saturated heterocycles. The third kappa shape index (κ3) is 3.74. The van der Waals surface area contributed by atoms with Gasteiger partial charge in [-0.25, -0.2) is 13.2 Å². The third-order valence-electron chi connectivity index (χ3n) is 3.70. The number of likely N-dealkylation sites (N-methyl/N-ethyl adjacent to an activating group) is 1. The van der Waals surface area contributed by atoms with Crippen molar-refractivity contribution >= 4 is 21.6 Å². The number of nitrogens with one attached hydrogen (secondary N) is 1. The summed E-state index contributed by atoms with van der Waals surface area (Å²) < 4.78 is 23.0. The lowest BCUT2D eigenvalue weighted by Crippen LogP contribution is -2.46. The van der Waals surface area contributed by atoms with Crippen LogP contribution in [0.15, 0.2) is 24.3 Å². The number of aliphatic hydroxyl groups excluding tert-OH is 1. The number of sulfone groups is 1. The van der Waals surface area contributed by atoms with E-state index in [1.165, 1.54) is 11.9 Å². The number of carbonyl (C=O) groups excluding carboxylic acids is 1. The van der Waals surface area contributed by atoms with Crippen molar-refractivity contribution < 1.29 is 18.3 Å². The molecule has 2 atom stereocenters. The molecule has 6 nitrogen and oxygen atoms in total. The number of hydrogen-bond acceptors (Lipinski definition) is 4. The standard InChI is InChI=1S/C14H20N2O4S/c1-3-10-5-4-6-11(7-10)15-14(18)16(2)12-8-21(19,20)9-13(12)17/h4-7,12-13,17H,3,8-9H2,1-2H3,(H,15,18)/t12-,13-/m1/s1. The van der Waals surface area contributed by atoms with E-state index in [0.717, 1.165) is 12.0 Å². The highest BCUT2D eigenvalue weighted by Gasteiger charge is 2.40. The van der Waals surface area contributed by atoms with Gasteiger partial charge < -0.3 is 15.3 Å². The van der Waals surface area contributed by atoms with Gasteiger partial charge >= 0.3 is 6.03 Å². The number of nitrogens with zero attached hydrogens (tertiary/aromatic N) is 1. The van der Waals surface area contributed by atoms with E-state index in [0.29, 0.717) is 5.69 Å². The molecule has 1 heterocycles. The van der Waals surface area contributed by atoms with Crippen LogP contribution in [0.4, 0.5) is 10.5 Å². The second-order valence-corrected chi connectivity index (χ2v) is 7.46. The quantitative estimate of drug-likeness (QED) is 0.867. The highest BCUT2D eigenvalue weighted by molar-refractivity contribution is 7.91. The number of rotatable bonds is 3. The van der Waals surface area contributed by atoms with Crippen molar-refractivity contribution in [2.45, 2.75) is 25.5 Å². The van der Waals surface area contributed by atoms with Crippen molar-refractivity contribution in [3.05, 3.63) is 29.8 Å². The average Bonchev–Trinajstić information content (AvgIpc) is 2.71. The van der Waals surface area contributed by atoms with Crippen molar-refractivity contribution in [1.82, 2.24) is 4.90 Å². The predicted octanol–water partition coefficient (Wildman–Crippen LogP) is 0.871. The summed E-state index contributed by atoms with van der Waals surface area (Å²) >= 11 is 0. The molecule has 0 unspecified atom stereocenters. The SMILES string of the molecule is CCc1cccc(NC(=O)N(C)[C@@H]2CS(=O)(=O)C[C@H]2O)c1. The molecule has 7 heteroatoms. The molecule has 1 aromatic carbocycles. The Morgan fingerprint density at radius 1 is 1.43 bits per heavy atom. The first-order valence-electron chi connectivity index (χ1n) is 6.83. The second kappa shape index (κ2) is 6.03. The molecule has 0 spiro atoms. The minimum Gasteiger partial charge on any atom is -0.390 e. The van der Waals surface area contributed by atoms with Gasteiger partial charge in [0.15, 0.2) is 9.84 Å². The lowest BCUT2D eigenvalue weighted by atomic mass is 10.1. The Balaban J connectivity index is 2.06. The fraction of sp³-hybridized carbons (Fsp3) is 0.500. The number of hydrogen-bond donors (Lipinski definition) is 2. The van der Waals surface area contributed by atoms with Crippen LogP contribution < -0.4 is 5.32 Å². The normalized spacial score (nSPS) is 23.8. The van der Waals surface area contributed by atoms with Crippen LogP contribution >= 0.6 is 0 Å². The van der Waals surface area contributed by atoms with E-state index in [1.807, 2.05) is 25.1 Å². The maximum absolute atomic E-state index is 12.2. The molecule has 2 amide bonds. The predicted molar refractivity (Wildman–Crippen MR) is 81.1 cm³/mol. The van der Waals surface area contributed by atoms with Crippen LogP contribution in [-0.4, -0.2) is 55.2 Å². The smallest absolute Gasteiger partial charge is 0.321 e. The van der Waals surface area contributed by atoms with E-state index in [4.69, 9.17) is 0 Å². The van der Waals surface area contributed by atoms with Crippen LogP contribution in [0.3, 0.4) is 0 Å². The lowest BCUT2D eigenvalue weighted by molar-refractivity contribution is 0.115. The lowest BCUT2D eigenvalue weighted by Gasteiger charge is -2.26. The Morgan fingerprint density at radius 2 is 2.14 bits per heavy atom. The first-order valence-corrected chi connectivity index (χ1v) is 8.66. The topological polar surface area (TPSA) is 86.7 Å². The van der Waals surface area contributed by atoms with Gasteiger partial charge in [-0.05, 0) is 24.1 Å². The molecule has 21 heavy (non-hydrogen) atoms. The van der Waals surface area contributed by atoms with E-state index in [1.54, 1.807) is 6.07 Å². The number of aryl methyl sites for hydroxylation is 1. The van der Waals surface area contributed by atoms with Crippen LogP contribution in [0, 0.1) is 0 Å². The molecular formula is C14H20N2O4S. The summed E-state index contributed by atoms with van der Waals surface area (Å²) in [7, 11) is -1.78. The van der Waals surface area contributed by atoms with Crippen LogP contribution in [-0.2, 0) is 16.3 Å². The summed E-state index contributed by atoms with van der Waals surface area (Å²) in [6.07, 6.45) is -0.174. The molecular weight excluding hydrogens is 292 g/mol. The van der Waals surface area contributed by atoms with E-state index < -0.39 is 28.0 Å². The zero-order valence-corrected chi connectivity index (χ0v) is 12.9. The average molecular weight is 312 g/mol. The molecule has 1 fully saturated rings. The molecule has 0 saturated carbocycles. The number of urea groups is 1. The van der Waals surface area contributed by atoms with Gasteiger partial charge in [-0.15, -0.1) is 0 Å². The maximum atomic E-state index is 12.2. The van der Waals surface area contributed by atoms with E-state index in [-0.39, 0.29) is 11.5 Å². The molecule has 1 aromatic rings. The van der Waals surface area contributed by atoms with E-state index in [9.17, 15) is 18.3 Å². The van der Waals surface area contributed by atoms with Gasteiger partial charge in [0.05, 0.1) is 23.7 Å². The summed E-state index contributed by atoms with van der Waals surface area (Å²) in [6.45, 7) is 2.02. The summed E-state index contributed by atoms with van der Waals surface area (Å²) in [6, 6.07) is 6.32. The van der Waals surface area contributed by atoms with E-state index >= 15 is 0 Å². The summed E-state index contributed by atoms with van der Waals surface area (Å²) in [4.78, 5) is 13.4. The minimum atomic E-state index is -3.28. The van der Waals surface area contributed by atoms with Gasteiger partial charge in [-0.2, -0.15) is 0 Å². The molecule has 0 radical (unpaired) electrons. The van der Waals surface area contributed by atoms with Crippen molar-refractivity contribution in [2.24, 2.45) is 0 Å². The Kier molecular flexibility index (Phi) is 4.53. The van der Waals surface area contributed by atoms with Gasteiger partial charge in [-0.1, -0.05) is 19.1 Å². The Labute approximate surface area is 124 Å². The molecule has 1 aliphatic rings. The van der Waals surface area contributed by atoms with Gasteiger partial charge in [0.1, 0.15) is 0 Å². The van der Waals surface area contributed by atoms with Crippen LogP contribution in [0.5, 0.6) is 0 Å². The van der Waals surface area contributed by atoms with Crippen molar-refractivity contribution in [1.29, 1.82) is 0 Å². The van der Waals surface area contributed by atoms with E-state index in [2.05, 4.69) is 5.32 Å². The van der Waals surface area contributed by atoms with Crippen LogP contribution in [0.2, 0.25) is 0 Å². The van der Waals surface area contributed by atoms with Gasteiger partial charge in [-0.3, -0.25) is 0 Å². The molecule has 0 aliphatic carbocycles. The summed E-state index contributed by atoms with van der Waals surface area (Å²) in [5.74, 6) is -0.492. The van der Waals surface area contributed by atoms with Crippen molar-refractivity contribution in [3.63, 3.8) is 0 Å². The number of carbonyl (C=O) groups is 1. The van der Waals surface area contributed by atoms with Crippen molar-refractivity contribution in [2.75, 3.05) is 23.9 Å². The highest BCUT2D eigenvalue weighted by Crippen LogP contribution is 2.19. The first-order chi connectivity index (χ1) is 9.82. The Morgan fingerprint density at radius 3 is 2.71 bits per heavy atom. The number of anilines is 1. The molecule has 2 N–H and O–H groups in total. The summed E-state index contributed by atoms with van der Waals surface area (Å²) in [5, 5.41) is 12.5. The third-order valence-corrected chi connectivity index (χ3v) is 5.40. The zero-order chi connectivity index (χ0) is 15.6. The Hall–Kier alpha value is -1.60. The van der Waals surface area contributed by atoms with Gasteiger partial charge in [0, 0.05) is 12.7 Å². The van der Waals surface area contributed by atoms with Gasteiger partial charge in [0.25, 0.3) is 0 Å². The van der Waals surface area contributed by atoms with Crippen molar-refractivity contribution in [3.8, 4) is 0 Å². The molecule has 1 aliphatic heterocycles. The number of amides is 2. The largest absolute Gasteiger partial charge is 0.390 e. The molecule has 0 aromatic heterocycles. The highest BCUT2D eigenvalue weighted by atomic mass is 32.2. The summed E-state index contributed by atoms with van der Waals surface area (Å²) in [5.41, 5.74) is 1.75. The van der Waals surface area contributed by atoms with Gasteiger partial charge in [0.2, 0.25) is 0 Å². The Bertz CT molecular complexity index is 630. The van der Waals surface area contributed by atoms with Crippen LogP contribution in [0.25, 0.3) is 0 Å². The maximum Gasteiger partial charge on any atom is 0.321 e. The molecule has 0 bridgehead atoms. The molecule has 116 valence electrons. The zero-order valence-electron chi connectivity index (χ0n) is 12.1. The first kappa shape index (κ1) is 15.8. The van der Waals surface area contributed by atoms with Crippen LogP contribution in [0.1, 0.15) is 12.5 Å². The number of benzene rings is 1. The molecule has 2 rings (SSSR count). The fourth-order valence-electron chi connectivity index (χ4n) is 2.41. The second-order valence-electron chi connectivity index (χ2n) is 5.31. The monoisotopic (exact) mass is 312 g/mol. The minimum absolute atomic E-state index is 0.201. The fourth-order valence-corrected chi connectivity index (χ4v) is 4.26. The number of aliphatic hydroxyl groups is 1.